The highest BCUT2D eigenvalue weighted by Gasteiger charge is 2.22. The summed E-state index contributed by atoms with van der Waals surface area (Å²) in [5.41, 5.74) is 2.18. The minimum atomic E-state index is -3.41. The second kappa shape index (κ2) is 7.97. The molecule has 1 aromatic heterocycles. The lowest BCUT2D eigenvalue weighted by Gasteiger charge is -2.35. The monoisotopic (exact) mass is 380 g/mol. The van der Waals surface area contributed by atoms with Crippen molar-refractivity contribution < 1.29 is 13.2 Å². The molecule has 136 valence electrons. The number of hydrogen-bond acceptors (Lipinski definition) is 5. The quantitative estimate of drug-likeness (QED) is 0.837. The number of hydrogen-bond donors (Lipinski definition) is 1. The Hall–Kier alpha value is -1.25. The Labute approximate surface area is 153 Å². The summed E-state index contributed by atoms with van der Waals surface area (Å²) in [6.45, 7) is 7.27. The Balaban J connectivity index is 1.55. The fraction of sp³-hybridized carbons (Fsp3) is 0.444. The van der Waals surface area contributed by atoms with Gasteiger partial charge < -0.3 is 4.74 Å². The van der Waals surface area contributed by atoms with E-state index in [1.54, 1.807) is 17.5 Å². The highest BCUT2D eigenvalue weighted by molar-refractivity contribution is 7.91. The molecule has 0 unspecified atom stereocenters. The van der Waals surface area contributed by atoms with E-state index in [0.717, 1.165) is 25.2 Å². The fourth-order valence-corrected chi connectivity index (χ4v) is 5.16. The van der Waals surface area contributed by atoms with Gasteiger partial charge in [0.05, 0.1) is 12.2 Å². The molecule has 1 aliphatic heterocycles. The molecular formula is C18H24N2O3S2. The topological polar surface area (TPSA) is 58.6 Å². The van der Waals surface area contributed by atoms with Gasteiger partial charge in [0, 0.05) is 26.2 Å². The summed E-state index contributed by atoms with van der Waals surface area (Å²) in [7, 11) is -3.41. The number of nitrogens with zero attached hydrogens (tertiary/aromatic N) is 1. The van der Waals surface area contributed by atoms with E-state index < -0.39 is 10.0 Å². The zero-order valence-electron chi connectivity index (χ0n) is 14.5. The normalized spacial score (nSPS) is 22.2. The first-order valence-corrected chi connectivity index (χ1v) is 10.8. The van der Waals surface area contributed by atoms with Crippen LogP contribution in [0, 0.1) is 0 Å². The molecule has 3 rings (SSSR count). The second-order valence-corrected chi connectivity index (χ2v) is 9.47. The van der Waals surface area contributed by atoms with Crippen LogP contribution in [-0.4, -0.2) is 38.6 Å². The summed E-state index contributed by atoms with van der Waals surface area (Å²) in [5, 5.41) is 1.76. The molecule has 0 spiro atoms. The predicted octanol–water partition coefficient (Wildman–Crippen LogP) is 2.84. The van der Waals surface area contributed by atoms with E-state index in [1.165, 1.54) is 16.9 Å². The summed E-state index contributed by atoms with van der Waals surface area (Å²) in [6, 6.07) is 11.5. The SMILES string of the molecule is C[C@H]1CN(Cc2ccc(CNS(=O)(=O)c3cccs3)cc2)C[C@H](C)O1. The van der Waals surface area contributed by atoms with Crippen molar-refractivity contribution in [1.82, 2.24) is 9.62 Å². The molecule has 2 atom stereocenters. The van der Waals surface area contributed by atoms with Gasteiger partial charge in [0.2, 0.25) is 10.0 Å². The molecule has 0 aliphatic carbocycles. The second-order valence-electron chi connectivity index (χ2n) is 6.52. The third-order valence-corrected chi connectivity index (χ3v) is 6.95. The first-order valence-electron chi connectivity index (χ1n) is 8.41. The maximum absolute atomic E-state index is 12.1. The van der Waals surface area contributed by atoms with Gasteiger partial charge in [0.25, 0.3) is 0 Å². The number of thiophene rings is 1. The molecule has 0 amide bonds. The van der Waals surface area contributed by atoms with Crippen molar-refractivity contribution in [3.63, 3.8) is 0 Å². The van der Waals surface area contributed by atoms with Crippen LogP contribution in [0.25, 0.3) is 0 Å². The molecule has 0 radical (unpaired) electrons. The standard InChI is InChI=1S/C18H24N2O3S2/c1-14-11-20(12-15(2)23-14)13-17-7-5-16(6-8-17)10-19-25(21,22)18-4-3-9-24-18/h3-9,14-15,19H,10-13H2,1-2H3/t14-,15-/m0/s1. The van der Waals surface area contributed by atoms with Crippen molar-refractivity contribution >= 4 is 21.4 Å². The average Bonchev–Trinajstić information content (AvgIpc) is 3.09. The lowest BCUT2D eigenvalue weighted by molar-refractivity contribution is -0.0704. The van der Waals surface area contributed by atoms with E-state index in [0.29, 0.717) is 10.8 Å². The number of morpholine rings is 1. The largest absolute Gasteiger partial charge is 0.373 e. The van der Waals surface area contributed by atoms with Crippen molar-refractivity contribution in [2.75, 3.05) is 13.1 Å². The van der Waals surface area contributed by atoms with E-state index in [-0.39, 0.29) is 12.2 Å². The van der Waals surface area contributed by atoms with E-state index in [4.69, 9.17) is 4.74 Å². The minimum absolute atomic E-state index is 0.259. The molecule has 1 N–H and O–H groups in total. The summed E-state index contributed by atoms with van der Waals surface area (Å²) in [5.74, 6) is 0. The molecule has 2 heterocycles. The first kappa shape index (κ1) is 18.5. The van der Waals surface area contributed by atoms with Crippen molar-refractivity contribution in [2.45, 2.75) is 43.4 Å². The van der Waals surface area contributed by atoms with Gasteiger partial charge in [-0.25, -0.2) is 13.1 Å². The van der Waals surface area contributed by atoms with Gasteiger partial charge in [-0.15, -0.1) is 11.3 Å². The van der Waals surface area contributed by atoms with Crippen LogP contribution < -0.4 is 4.72 Å². The summed E-state index contributed by atoms with van der Waals surface area (Å²) >= 11 is 1.22. The van der Waals surface area contributed by atoms with Crippen LogP contribution >= 0.6 is 11.3 Å². The molecule has 1 fully saturated rings. The minimum Gasteiger partial charge on any atom is -0.373 e. The number of sulfonamides is 1. The molecule has 7 heteroatoms. The van der Waals surface area contributed by atoms with Gasteiger partial charge in [-0.2, -0.15) is 0 Å². The van der Waals surface area contributed by atoms with Gasteiger partial charge in [0.15, 0.2) is 0 Å². The highest BCUT2D eigenvalue weighted by Crippen LogP contribution is 2.17. The molecule has 1 aromatic carbocycles. The van der Waals surface area contributed by atoms with Crippen LogP contribution in [-0.2, 0) is 27.8 Å². The molecule has 25 heavy (non-hydrogen) atoms. The number of nitrogens with one attached hydrogen (secondary N) is 1. The Morgan fingerprint density at radius 1 is 1.12 bits per heavy atom. The average molecular weight is 381 g/mol. The van der Waals surface area contributed by atoms with Crippen LogP contribution in [0.4, 0.5) is 0 Å². The maximum atomic E-state index is 12.1. The van der Waals surface area contributed by atoms with Gasteiger partial charge in [-0.1, -0.05) is 30.3 Å². The van der Waals surface area contributed by atoms with E-state index >= 15 is 0 Å². The predicted molar refractivity (Wildman–Crippen MR) is 100 cm³/mol. The van der Waals surface area contributed by atoms with Crippen LogP contribution in [0.1, 0.15) is 25.0 Å². The maximum Gasteiger partial charge on any atom is 0.250 e. The zero-order valence-corrected chi connectivity index (χ0v) is 16.1. The molecule has 1 aliphatic rings. The lowest BCUT2D eigenvalue weighted by atomic mass is 10.1. The molecule has 1 saturated heterocycles. The summed E-state index contributed by atoms with van der Waals surface area (Å²) in [4.78, 5) is 2.40. The summed E-state index contributed by atoms with van der Waals surface area (Å²) in [6.07, 6.45) is 0.518. The third kappa shape index (κ3) is 5.12. The van der Waals surface area contributed by atoms with Gasteiger partial charge in [-0.3, -0.25) is 4.90 Å². The van der Waals surface area contributed by atoms with E-state index in [1.807, 2.05) is 12.1 Å². The van der Waals surface area contributed by atoms with Crippen molar-refractivity contribution in [3.8, 4) is 0 Å². The van der Waals surface area contributed by atoms with Crippen LogP contribution in [0.15, 0.2) is 46.0 Å². The Bertz CT molecular complexity index is 763. The van der Waals surface area contributed by atoms with E-state index in [9.17, 15) is 8.42 Å². The van der Waals surface area contributed by atoms with Gasteiger partial charge >= 0.3 is 0 Å². The molecule has 5 nitrogen and oxygen atoms in total. The Morgan fingerprint density at radius 3 is 2.36 bits per heavy atom. The Morgan fingerprint density at radius 2 is 1.76 bits per heavy atom. The molecular weight excluding hydrogens is 356 g/mol. The van der Waals surface area contributed by atoms with Crippen LogP contribution in [0.5, 0.6) is 0 Å². The Kier molecular flexibility index (Phi) is 5.91. The smallest absolute Gasteiger partial charge is 0.250 e. The number of benzene rings is 1. The summed E-state index contributed by atoms with van der Waals surface area (Å²) < 4.78 is 33.0. The highest BCUT2D eigenvalue weighted by atomic mass is 32.2. The van der Waals surface area contributed by atoms with Crippen molar-refractivity contribution in [1.29, 1.82) is 0 Å². The number of ether oxygens (including phenoxy) is 1. The number of rotatable bonds is 6. The molecule has 2 aromatic rings. The third-order valence-electron chi connectivity index (χ3n) is 4.15. The van der Waals surface area contributed by atoms with E-state index in [2.05, 4.69) is 35.6 Å². The lowest BCUT2D eigenvalue weighted by Crippen LogP contribution is -2.44. The molecule has 0 saturated carbocycles. The zero-order chi connectivity index (χ0) is 17.9. The van der Waals surface area contributed by atoms with Crippen LogP contribution in [0.2, 0.25) is 0 Å². The van der Waals surface area contributed by atoms with Gasteiger partial charge in [0.1, 0.15) is 4.21 Å². The van der Waals surface area contributed by atoms with Crippen LogP contribution in [0.3, 0.4) is 0 Å². The van der Waals surface area contributed by atoms with Crippen molar-refractivity contribution in [3.05, 3.63) is 52.9 Å². The van der Waals surface area contributed by atoms with Crippen molar-refractivity contribution in [2.24, 2.45) is 0 Å². The van der Waals surface area contributed by atoms with Gasteiger partial charge in [-0.05, 0) is 36.4 Å². The fourth-order valence-electron chi connectivity index (χ4n) is 3.10. The first-order chi connectivity index (χ1) is 11.9. The molecule has 0 bridgehead atoms.